The molecule has 2 N–H and O–H groups in total. The van der Waals surface area contributed by atoms with Gasteiger partial charge in [0.2, 0.25) is 0 Å². The summed E-state index contributed by atoms with van der Waals surface area (Å²) in [6.45, 7) is 3.70. The van der Waals surface area contributed by atoms with Crippen LogP contribution in [0.4, 0.5) is 5.69 Å². The van der Waals surface area contributed by atoms with E-state index >= 15 is 0 Å². The second kappa shape index (κ2) is 5.73. The number of nitrogens with zero attached hydrogens (tertiary/aromatic N) is 2. The van der Waals surface area contributed by atoms with Gasteiger partial charge in [-0.15, -0.1) is 0 Å². The summed E-state index contributed by atoms with van der Waals surface area (Å²) in [5.74, 6) is 0.132. The molecule has 2 saturated heterocycles. The van der Waals surface area contributed by atoms with Crippen molar-refractivity contribution in [3.63, 3.8) is 0 Å². The van der Waals surface area contributed by atoms with Crippen molar-refractivity contribution in [2.24, 2.45) is 0 Å². The van der Waals surface area contributed by atoms with E-state index in [2.05, 4.69) is 14.9 Å². The second-order valence-corrected chi connectivity index (χ2v) is 6.12. The van der Waals surface area contributed by atoms with Crippen LogP contribution < -0.4 is 10.6 Å². The lowest BCUT2D eigenvalue weighted by atomic mass is 10.2. The first kappa shape index (κ1) is 14.3. The molecular weight excluding hydrogens is 296 g/mol. The van der Waals surface area contributed by atoms with Gasteiger partial charge in [-0.25, -0.2) is 4.79 Å². The van der Waals surface area contributed by atoms with Gasteiger partial charge in [-0.05, 0) is 31.0 Å². The van der Waals surface area contributed by atoms with E-state index in [0.29, 0.717) is 19.7 Å². The minimum atomic E-state index is -0.233. The van der Waals surface area contributed by atoms with Crippen molar-refractivity contribution in [1.29, 1.82) is 0 Å². The standard InChI is InChI=1S/C16H20N4O3/c21-15(14-2-1-9-23-14)20-7-5-19(6-8-20)11-3-4-12-13(10-11)18-16(22)17-12/h3-4,10,14H,1-2,5-9H2,(H2,17,18,22). The first-order chi connectivity index (χ1) is 11.2. The van der Waals surface area contributed by atoms with Gasteiger partial charge in [-0.1, -0.05) is 0 Å². The number of piperazine rings is 1. The molecule has 3 heterocycles. The summed E-state index contributed by atoms with van der Waals surface area (Å²) in [7, 11) is 0. The first-order valence-electron chi connectivity index (χ1n) is 8.08. The van der Waals surface area contributed by atoms with E-state index in [1.165, 1.54) is 0 Å². The Morgan fingerprint density at radius 1 is 1.13 bits per heavy atom. The van der Waals surface area contributed by atoms with Crippen molar-refractivity contribution in [3.05, 3.63) is 28.7 Å². The van der Waals surface area contributed by atoms with E-state index in [1.54, 1.807) is 0 Å². The maximum atomic E-state index is 12.4. The fourth-order valence-electron chi connectivity index (χ4n) is 3.38. The number of aromatic amines is 2. The van der Waals surface area contributed by atoms with Gasteiger partial charge in [0.25, 0.3) is 5.91 Å². The summed E-state index contributed by atoms with van der Waals surface area (Å²) >= 11 is 0. The Labute approximate surface area is 133 Å². The number of anilines is 1. The van der Waals surface area contributed by atoms with E-state index < -0.39 is 0 Å². The molecule has 2 fully saturated rings. The molecule has 0 aliphatic carbocycles. The topological polar surface area (TPSA) is 81.4 Å². The van der Waals surface area contributed by atoms with Crippen molar-refractivity contribution in [1.82, 2.24) is 14.9 Å². The average molecular weight is 316 g/mol. The molecule has 2 aliphatic rings. The zero-order chi connectivity index (χ0) is 15.8. The van der Waals surface area contributed by atoms with Gasteiger partial charge in [0.15, 0.2) is 0 Å². The Bertz CT molecular complexity index is 767. The maximum Gasteiger partial charge on any atom is 0.323 e. The van der Waals surface area contributed by atoms with Crippen LogP contribution in [-0.4, -0.2) is 59.7 Å². The van der Waals surface area contributed by atoms with E-state index in [1.807, 2.05) is 23.1 Å². The number of carbonyl (C=O) groups excluding carboxylic acids is 1. The van der Waals surface area contributed by atoms with Crippen LogP contribution in [-0.2, 0) is 9.53 Å². The normalized spacial score (nSPS) is 22.0. The molecule has 7 heteroatoms. The molecule has 1 aromatic carbocycles. The minimum absolute atomic E-state index is 0.132. The molecule has 122 valence electrons. The van der Waals surface area contributed by atoms with Crippen molar-refractivity contribution in [2.45, 2.75) is 18.9 Å². The third-order valence-corrected chi connectivity index (χ3v) is 4.66. The number of carbonyl (C=O) groups is 1. The number of imidazole rings is 1. The van der Waals surface area contributed by atoms with Gasteiger partial charge in [0.05, 0.1) is 11.0 Å². The van der Waals surface area contributed by atoms with Crippen LogP contribution in [0.3, 0.4) is 0 Å². The molecule has 0 spiro atoms. The number of rotatable bonds is 2. The van der Waals surface area contributed by atoms with Crippen LogP contribution in [0, 0.1) is 0 Å². The van der Waals surface area contributed by atoms with Crippen LogP contribution in [0.1, 0.15) is 12.8 Å². The van der Waals surface area contributed by atoms with E-state index in [4.69, 9.17) is 4.74 Å². The van der Waals surface area contributed by atoms with Gasteiger partial charge in [0, 0.05) is 38.5 Å². The summed E-state index contributed by atoms with van der Waals surface area (Å²) < 4.78 is 5.49. The van der Waals surface area contributed by atoms with Crippen molar-refractivity contribution in [2.75, 3.05) is 37.7 Å². The third kappa shape index (κ3) is 2.72. The Kier molecular flexibility index (Phi) is 3.57. The van der Waals surface area contributed by atoms with Crippen molar-refractivity contribution >= 4 is 22.6 Å². The third-order valence-electron chi connectivity index (χ3n) is 4.66. The number of aromatic nitrogens is 2. The Morgan fingerprint density at radius 3 is 2.65 bits per heavy atom. The SMILES string of the molecule is O=C(C1CCCO1)N1CCN(c2ccc3[nH]c(=O)[nH]c3c2)CC1. The highest BCUT2D eigenvalue weighted by atomic mass is 16.5. The van der Waals surface area contributed by atoms with Crippen LogP contribution in [0.15, 0.2) is 23.0 Å². The van der Waals surface area contributed by atoms with Crippen LogP contribution in [0.2, 0.25) is 0 Å². The highest BCUT2D eigenvalue weighted by Crippen LogP contribution is 2.22. The maximum absolute atomic E-state index is 12.4. The van der Waals surface area contributed by atoms with Crippen LogP contribution in [0.5, 0.6) is 0 Å². The fourth-order valence-corrected chi connectivity index (χ4v) is 3.38. The quantitative estimate of drug-likeness (QED) is 0.854. The lowest BCUT2D eigenvalue weighted by molar-refractivity contribution is -0.141. The van der Waals surface area contributed by atoms with Crippen LogP contribution in [0.25, 0.3) is 11.0 Å². The number of benzene rings is 1. The Balaban J connectivity index is 1.43. The molecule has 1 amide bonds. The van der Waals surface area contributed by atoms with Gasteiger partial charge < -0.3 is 24.5 Å². The predicted molar refractivity (Wildman–Crippen MR) is 86.7 cm³/mol. The van der Waals surface area contributed by atoms with Gasteiger partial charge >= 0.3 is 5.69 Å². The number of ether oxygens (including phenoxy) is 1. The fraction of sp³-hybridized carbons (Fsp3) is 0.500. The molecule has 1 atom stereocenters. The summed E-state index contributed by atoms with van der Waals surface area (Å²) in [4.78, 5) is 33.4. The number of amides is 1. The molecule has 1 unspecified atom stereocenters. The molecule has 4 rings (SSSR count). The number of hydrogen-bond donors (Lipinski definition) is 2. The predicted octanol–water partition coefficient (Wildman–Crippen LogP) is 0.684. The molecule has 23 heavy (non-hydrogen) atoms. The number of fused-ring (bicyclic) bond motifs is 1. The highest BCUT2D eigenvalue weighted by molar-refractivity contribution is 5.82. The molecule has 1 aromatic heterocycles. The van der Waals surface area contributed by atoms with Crippen molar-refractivity contribution < 1.29 is 9.53 Å². The second-order valence-electron chi connectivity index (χ2n) is 6.12. The molecule has 0 radical (unpaired) electrons. The van der Waals surface area contributed by atoms with Gasteiger partial charge in [-0.2, -0.15) is 0 Å². The average Bonchev–Trinajstić information content (AvgIpc) is 3.22. The van der Waals surface area contributed by atoms with E-state index in [9.17, 15) is 9.59 Å². The highest BCUT2D eigenvalue weighted by Gasteiger charge is 2.30. The summed E-state index contributed by atoms with van der Waals surface area (Å²) in [6, 6.07) is 5.89. The Morgan fingerprint density at radius 2 is 1.91 bits per heavy atom. The monoisotopic (exact) mass is 316 g/mol. The number of hydrogen-bond acceptors (Lipinski definition) is 4. The van der Waals surface area contributed by atoms with Gasteiger partial charge in [0.1, 0.15) is 6.10 Å². The minimum Gasteiger partial charge on any atom is -0.368 e. The van der Waals surface area contributed by atoms with Gasteiger partial charge in [-0.3, -0.25) is 4.79 Å². The largest absolute Gasteiger partial charge is 0.368 e. The molecule has 0 bridgehead atoms. The first-order valence-corrected chi connectivity index (χ1v) is 8.08. The Hall–Kier alpha value is -2.28. The number of nitrogens with one attached hydrogen (secondary N) is 2. The smallest absolute Gasteiger partial charge is 0.323 e. The molecule has 2 aliphatic heterocycles. The molecular formula is C16H20N4O3. The van der Waals surface area contributed by atoms with E-state index in [0.717, 1.165) is 42.7 Å². The summed E-state index contributed by atoms with van der Waals surface area (Å²) in [5, 5.41) is 0. The lowest BCUT2D eigenvalue weighted by Crippen LogP contribution is -2.51. The zero-order valence-electron chi connectivity index (χ0n) is 12.9. The number of H-pyrrole nitrogens is 2. The molecule has 0 saturated carbocycles. The van der Waals surface area contributed by atoms with E-state index in [-0.39, 0.29) is 17.7 Å². The molecule has 2 aromatic rings. The summed E-state index contributed by atoms with van der Waals surface area (Å²) in [6.07, 6.45) is 1.59. The summed E-state index contributed by atoms with van der Waals surface area (Å²) in [5.41, 5.74) is 2.50. The lowest BCUT2D eigenvalue weighted by Gasteiger charge is -2.37. The van der Waals surface area contributed by atoms with Crippen LogP contribution >= 0.6 is 0 Å². The molecule has 7 nitrogen and oxygen atoms in total. The van der Waals surface area contributed by atoms with Crippen molar-refractivity contribution in [3.8, 4) is 0 Å². The zero-order valence-corrected chi connectivity index (χ0v) is 12.9.